The molecule has 0 saturated carbocycles. The fraction of sp³-hybridized carbons (Fsp3) is 0.476. The molecule has 0 unspecified atom stereocenters. The molecule has 2 amide bonds. The highest BCUT2D eigenvalue weighted by atomic mass is 32.2. The summed E-state index contributed by atoms with van der Waals surface area (Å²) >= 11 is 0. The highest BCUT2D eigenvalue weighted by Crippen LogP contribution is 2.48. The predicted octanol–water partition coefficient (Wildman–Crippen LogP) is 5.75. The van der Waals surface area contributed by atoms with Gasteiger partial charge >= 0.3 is 16.6 Å². The first-order chi connectivity index (χ1) is 27.3. The van der Waals surface area contributed by atoms with Crippen LogP contribution >= 0.6 is 0 Å². The monoisotopic (exact) mass is 839 g/mol. The van der Waals surface area contributed by atoms with Crippen LogP contribution in [0.4, 0.5) is 11.4 Å². The normalized spacial score (nSPS) is 17.8. The van der Waals surface area contributed by atoms with Crippen LogP contribution in [0.15, 0.2) is 78.5 Å². The van der Waals surface area contributed by atoms with E-state index in [2.05, 4.69) is 97.6 Å². The fourth-order valence-electron chi connectivity index (χ4n) is 7.71. The number of fused-ring (bicyclic) bond motifs is 2. The van der Waals surface area contributed by atoms with Crippen LogP contribution in [-0.2, 0) is 57.3 Å². The average molecular weight is 840 g/mol. The molecular formula is C42H55N4O10S2+. The molecule has 1 N–H and O–H groups in total. The number of allylic oxidation sites excluding steroid dienone is 6. The van der Waals surface area contributed by atoms with Crippen molar-refractivity contribution in [3.05, 3.63) is 95.2 Å². The molecule has 0 radical (unpaired) electrons. The van der Waals surface area contributed by atoms with Gasteiger partial charge in [-0.3, -0.25) is 14.1 Å². The lowest BCUT2D eigenvalue weighted by Gasteiger charge is -2.27. The van der Waals surface area contributed by atoms with E-state index in [1.54, 1.807) is 0 Å². The van der Waals surface area contributed by atoms with E-state index >= 15 is 0 Å². The first-order valence-electron chi connectivity index (χ1n) is 19.5. The molecule has 0 spiro atoms. The molecule has 3 heterocycles. The minimum absolute atomic E-state index is 0.0781. The summed E-state index contributed by atoms with van der Waals surface area (Å²) in [4.78, 5) is 45.3. The molecule has 0 atom stereocenters. The van der Waals surface area contributed by atoms with Crippen molar-refractivity contribution in [1.29, 1.82) is 0 Å². The number of amides is 2. The molecular weight excluding hydrogens is 785 g/mol. The van der Waals surface area contributed by atoms with Crippen molar-refractivity contribution >= 4 is 55.6 Å². The average Bonchev–Trinajstić information content (AvgIpc) is 3.65. The predicted molar refractivity (Wildman–Crippen MR) is 221 cm³/mol. The number of hydrogen-bond donors (Lipinski definition) is 1. The smallest absolute Gasteiger partial charge is 0.344 e. The maximum absolute atomic E-state index is 12.2. The van der Waals surface area contributed by atoms with Crippen LogP contribution in [0.25, 0.3) is 0 Å². The molecule has 5 rings (SSSR count). The van der Waals surface area contributed by atoms with E-state index in [1.807, 2.05) is 31.3 Å². The largest absolute Gasteiger partial charge is 0.425 e. The van der Waals surface area contributed by atoms with Crippen LogP contribution in [0.3, 0.4) is 0 Å². The second-order valence-electron chi connectivity index (χ2n) is 15.7. The number of hydrogen-bond acceptors (Lipinski definition) is 11. The summed E-state index contributed by atoms with van der Waals surface area (Å²) in [6.45, 7) is 13.8. The highest BCUT2D eigenvalue weighted by Gasteiger charge is 2.44. The second-order valence-corrected chi connectivity index (χ2v) is 17.7. The fourth-order valence-corrected chi connectivity index (χ4v) is 8.21. The number of benzene rings is 2. The van der Waals surface area contributed by atoms with Gasteiger partial charge < -0.3 is 14.6 Å². The van der Waals surface area contributed by atoms with Crippen LogP contribution < -0.4 is 4.90 Å². The van der Waals surface area contributed by atoms with Crippen LogP contribution in [0, 0.1) is 0 Å². The van der Waals surface area contributed by atoms with Crippen LogP contribution in [0.2, 0.25) is 0 Å². The van der Waals surface area contributed by atoms with Crippen molar-refractivity contribution in [1.82, 2.24) is 9.96 Å². The number of imide groups is 1. The van der Waals surface area contributed by atoms with Gasteiger partial charge in [-0.2, -0.15) is 13.0 Å². The van der Waals surface area contributed by atoms with Crippen LogP contribution in [-0.4, -0.2) is 96.1 Å². The van der Waals surface area contributed by atoms with E-state index < -0.39 is 38.5 Å². The topological polar surface area (TPSA) is 179 Å². The molecule has 0 aromatic heterocycles. The third-order valence-corrected chi connectivity index (χ3v) is 11.4. The Morgan fingerprint density at radius 1 is 0.948 bits per heavy atom. The van der Waals surface area contributed by atoms with E-state index in [-0.39, 0.29) is 35.8 Å². The SMILES string of the molecule is CCCCN1C(=CC=CC=CC2=[N+](CCCS(=O)(=O)O)c3ccccc3C2(C)C)C(C)(C)c2cc(CN(C)CCCC(=O)ON3C(=O)CCC3=O)ccc21.O=S(=O)=O. The van der Waals surface area contributed by atoms with Gasteiger partial charge in [-0.05, 0) is 63.6 Å². The minimum atomic E-state index is -4.04. The molecule has 0 aliphatic carbocycles. The summed E-state index contributed by atoms with van der Waals surface area (Å²) in [6.07, 6.45) is 13.7. The first kappa shape index (κ1) is 45.9. The molecule has 3 aliphatic rings. The van der Waals surface area contributed by atoms with Crippen LogP contribution in [0.5, 0.6) is 0 Å². The van der Waals surface area contributed by atoms with Gasteiger partial charge in [0.15, 0.2) is 5.71 Å². The van der Waals surface area contributed by atoms with E-state index in [1.165, 1.54) is 28.1 Å². The molecule has 14 nitrogen and oxygen atoms in total. The highest BCUT2D eigenvalue weighted by molar-refractivity contribution is 7.85. The third-order valence-electron chi connectivity index (χ3n) is 10.6. The number of para-hydroxylation sites is 1. The third kappa shape index (κ3) is 11.7. The van der Waals surface area contributed by atoms with Gasteiger partial charge in [0.1, 0.15) is 6.54 Å². The number of rotatable bonds is 17. The standard InChI is InChI=1S/C42H54N4O7S.O3S/c1-7-8-26-44-35-22-21-31(30-43(6)25-14-20-40(49)53-46-38(47)23-24-39(46)48)29-33(35)42(4,5)37(44)19-11-9-10-18-36-41(2,3)32-16-12-13-17-34(32)45(36)27-15-28-54(50,51)52;1-4(2)3/h9-13,16-19,21-22,29H,7-8,14-15,20,23-28,30H2,1-6H3;/p+1. The quantitative estimate of drug-likeness (QED) is 0.0884. The van der Waals surface area contributed by atoms with Gasteiger partial charge in [0.25, 0.3) is 21.9 Å². The summed E-state index contributed by atoms with van der Waals surface area (Å²) in [6, 6.07) is 14.9. The number of anilines is 1. The lowest BCUT2D eigenvalue weighted by molar-refractivity contribution is -0.437. The molecule has 1 saturated heterocycles. The number of hydroxylamine groups is 2. The van der Waals surface area contributed by atoms with Crippen molar-refractivity contribution in [3.63, 3.8) is 0 Å². The van der Waals surface area contributed by atoms with Crippen molar-refractivity contribution in [2.45, 2.75) is 96.9 Å². The van der Waals surface area contributed by atoms with Gasteiger partial charge in [-0.1, -0.05) is 75.8 Å². The lowest BCUT2D eigenvalue weighted by atomic mass is 9.81. The van der Waals surface area contributed by atoms with Gasteiger partial charge in [-0.25, -0.2) is 4.79 Å². The zero-order valence-electron chi connectivity index (χ0n) is 34.1. The molecule has 16 heteroatoms. The van der Waals surface area contributed by atoms with Gasteiger partial charge in [0.2, 0.25) is 5.69 Å². The molecule has 1 fully saturated rings. The van der Waals surface area contributed by atoms with Crippen molar-refractivity contribution in [2.75, 3.05) is 37.3 Å². The van der Waals surface area contributed by atoms with Gasteiger partial charge in [0, 0.05) is 73.3 Å². The number of nitrogens with zero attached hydrogens (tertiary/aromatic N) is 4. The summed E-state index contributed by atoms with van der Waals surface area (Å²) in [5.41, 5.74) is 7.67. The Hall–Kier alpha value is -4.77. The number of carbonyl (C=O) groups excluding carboxylic acids is 3. The Morgan fingerprint density at radius 2 is 1.62 bits per heavy atom. The van der Waals surface area contributed by atoms with Gasteiger partial charge in [0.05, 0.1) is 11.2 Å². The molecule has 58 heavy (non-hydrogen) atoms. The zero-order chi connectivity index (χ0) is 42.8. The Kier molecular flexibility index (Phi) is 15.7. The summed E-state index contributed by atoms with van der Waals surface area (Å²) in [5.74, 6) is -1.81. The molecule has 2 aromatic rings. The Morgan fingerprint density at radius 3 is 2.28 bits per heavy atom. The Bertz CT molecular complexity index is 2200. The van der Waals surface area contributed by atoms with Crippen LogP contribution in [0.1, 0.15) is 96.3 Å². The van der Waals surface area contributed by atoms with E-state index in [4.69, 9.17) is 17.5 Å². The lowest BCUT2D eigenvalue weighted by Crippen LogP contribution is -2.32. The summed E-state index contributed by atoms with van der Waals surface area (Å²) in [7, 11) is -5.14. The van der Waals surface area contributed by atoms with Gasteiger partial charge in [-0.15, -0.1) is 17.7 Å². The van der Waals surface area contributed by atoms with Crippen molar-refractivity contribution in [2.24, 2.45) is 0 Å². The maximum Gasteiger partial charge on any atom is 0.425 e. The minimum Gasteiger partial charge on any atom is -0.344 e. The van der Waals surface area contributed by atoms with E-state index in [0.29, 0.717) is 37.5 Å². The second kappa shape index (κ2) is 19.8. The Labute approximate surface area is 343 Å². The van der Waals surface area contributed by atoms with Crippen molar-refractivity contribution in [3.8, 4) is 0 Å². The number of carbonyl (C=O) groups is 3. The Balaban J connectivity index is 0.00000178. The zero-order valence-corrected chi connectivity index (χ0v) is 35.8. The first-order valence-corrected chi connectivity index (χ1v) is 22.1. The van der Waals surface area contributed by atoms with Crippen molar-refractivity contribution < 1.29 is 49.4 Å². The summed E-state index contributed by atoms with van der Waals surface area (Å²) < 4.78 is 59.7. The molecule has 3 aliphatic heterocycles. The summed E-state index contributed by atoms with van der Waals surface area (Å²) in [5, 5.41) is 0.599. The van der Waals surface area contributed by atoms with E-state index in [0.717, 1.165) is 30.8 Å². The molecule has 314 valence electrons. The molecule has 2 aromatic carbocycles. The maximum atomic E-state index is 12.2. The van der Waals surface area contributed by atoms with E-state index in [9.17, 15) is 27.4 Å². The number of unbranched alkanes of at least 4 members (excludes halogenated alkanes) is 1. The molecule has 0 bridgehead atoms.